The molecular formula is C29H28N2O3. The van der Waals surface area contributed by atoms with Gasteiger partial charge in [-0.2, -0.15) is 0 Å². The molecule has 2 aliphatic carbocycles. The topological polar surface area (TPSA) is 72.3 Å². The minimum Gasteiger partial charge on any atom is -0.479 e. The maximum absolute atomic E-state index is 12.5. The van der Waals surface area contributed by atoms with E-state index >= 15 is 0 Å². The quantitative estimate of drug-likeness (QED) is 0.381. The summed E-state index contributed by atoms with van der Waals surface area (Å²) in [7, 11) is 0. The highest BCUT2D eigenvalue weighted by Gasteiger charge is 2.54. The first-order valence-electron chi connectivity index (χ1n) is 11.9. The summed E-state index contributed by atoms with van der Waals surface area (Å²) < 4.78 is 6.13. The van der Waals surface area contributed by atoms with Crippen molar-refractivity contribution in [1.29, 1.82) is 0 Å². The summed E-state index contributed by atoms with van der Waals surface area (Å²) in [6.07, 6.45) is 0.748. The molecule has 2 aliphatic rings. The first-order valence-corrected chi connectivity index (χ1v) is 11.9. The van der Waals surface area contributed by atoms with Gasteiger partial charge in [-0.25, -0.2) is 4.79 Å². The average Bonchev–Trinajstić information content (AvgIpc) is 3.31. The van der Waals surface area contributed by atoms with Crippen LogP contribution < -0.4 is 0 Å². The number of nitrogens with zero attached hydrogens (tertiary/aromatic N) is 2. The second kappa shape index (κ2) is 7.09. The standard InChI is InChI=1S/C29H28N2O3/c1-14-21-17-10-11-19(26-25(17)18(22(14)21)12-13-30-26)24-16-8-6-7-9-20(16)31-15(2)23(24)27(28(32)33)34-29(3,4)5/h6-14,21-22,27H,1-5H3,(H,32,33). The molecule has 2 aromatic heterocycles. The Morgan fingerprint density at radius 3 is 2.47 bits per heavy atom. The van der Waals surface area contributed by atoms with Crippen LogP contribution >= 0.6 is 0 Å². The zero-order valence-electron chi connectivity index (χ0n) is 20.1. The molecule has 5 heteroatoms. The number of ether oxygens (including phenoxy) is 1. The number of rotatable bonds is 4. The van der Waals surface area contributed by atoms with Gasteiger partial charge < -0.3 is 9.84 Å². The van der Waals surface area contributed by atoms with E-state index in [1.54, 1.807) is 0 Å². The number of carbonyl (C=O) groups is 1. The van der Waals surface area contributed by atoms with E-state index in [4.69, 9.17) is 14.7 Å². The Morgan fingerprint density at radius 2 is 1.76 bits per heavy atom. The molecule has 1 N–H and O–H groups in total. The number of pyridine rings is 2. The number of fused-ring (bicyclic) bond motifs is 4. The number of para-hydroxylation sites is 1. The van der Waals surface area contributed by atoms with Crippen molar-refractivity contribution in [3.8, 4) is 11.1 Å². The molecule has 172 valence electrons. The first-order chi connectivity index (χ1) is 16.2. The van der Waals surface area contributed by atoms with E-state index in [9.17, 15) is 9.90 Å². The minimum absolute atomic E-state index is 0.571. The summed E-state index contributed by atoms with van der Waals surface area (Å²) in [5.41, 5.74) is 6.92. The van der Waals surface area contributed by atoms with E-state index in [0.29, 0.717) is 29.0 Å². The fourth-order valence-corrected chi connectivity index (χ4v) is 6.04. The van der Waals surface area contributed by atoms with Crippen LogP contribution in [0, 0.1) is 12.8 Å². The second-order valence-electron chi connectivity index (χ2n) is 10.7. The summed E-state index contributed by atoms with van der Waals surface area (Å²) in [5, 5.41) is 12.4. The molecule has 1 fully saturated rings. The Balaban J connectivity index is 1.70. The van der Waals surface area contributed by atoms with Crippen molar-refractivity contribution in [1.82, 2.24) is 9.97 Å². The molecule has 0 aliphatic heterocycles. The summed E-state index contributed by atoms with van der Waals surface area (Å²) >= 11 is 0. The first kappa shape index (κ1) is 21.2. The van der Waals surface area contributed by atoms with Gasteiger partial charge in [0.05, 0.1) is 16.6 Å². The lowest BCUT2D eigenvalue weighted by Gasteiger charge is -2.28. The number of aliphatic carboxylic acids is 1. The van der Waals surface area contributed by atoms with E-state index in [1.807, 2.05) is 58.2 Å². The lowest BCUT2D eigenvalue weighted by atomic mass is 9.88. The molecule has 2 heterocycles. The van der Waals surface area contributed by atoms with E-state index in [1.165, 1.54) is 16.5 Å². The molecule has 5 nitrogen and oxygen atoms in total. The predicted octanol–water partition coefficient (Wildman–Crippen LogP) is 6.53. The highest BCUT2D eigenvalue weighted by Crippen LogP contribution is 2.67. The van der Waals surface area contributed by atoms with Gasteiger partial charge in [-0.1, -0.05) is 37.3 Å². The van der Waals surface area contributed by atoms with Crippen LogP contribution in [0.2, 0.25) is 0 Å². The minimum atomic E-state index is -1.15. The maximum atomic E-state index is 12.5. The number of aryl methyl sites for hydroxylation is 1. The highest BCUT2D eigenvalue weighted by atomic mass is 16.5. The van der Waals surface area contributed by atoms with E-state index in [2.05, 4.69) is 25.1 Å². The Kier molecular flexibility index (Phi) is 4.43. The zero-order valence-corrected chi connectivity index (χ0v) is 20.1. The van der Waals surface area contributed by atoms with Gasteiger partial charge in [-0.15, -0.1) is 0 Å². The van der Waals surface area contributed by atoms with Crippen LogP contribution in [0.25, 0.3) is 32.9 Å². The van der Waals surface area contributed by atoms with Crippen LogP contribution in [0.3, 0.4) is 0 Å². The molecule has 0 saturated heterocycles. The lowest BCUT2D eigenvalue weighted by molar-refractivity contribution is -0.160. The van der Waals surface area contributed by atoms with Crippen molar-refractivity contribution in [3.63, 3.8) is 0 Å². The molecule has 0 radical (unpaired) electrons. The number of carboxylic acid groups (broad SMARTS) is 1. The van der Waals surface area contributed by atoms with Crippen LogP contribution in [-0.2, 0) is 9.53 Å². The van der Waals surface area contributed by atoms with Crippen molar-refractivity contribution in [2.75, 3.05) is 0 Å². The summed E-state index contributed by atoms with van der Waals surface area (Å²) in [5.74, 6) is 0.787. The highest BCUT2D eigenvalue weighted by molar-refractivity contribution is 6.08. The zero-order chi connectivity index (χ0) is 23.9. The molecular weight excluding hydrogens is 424 g/mol. The van der Waals surface area contributed by atoms with Gasteiger partial charge in [0.25, 0.3) is 0 Å². The van der Waals surface area contributed by atoms with Gasteiger partial charge in [0.2, 0.25) is 0 Å². The molecule has 6 rings (SSSR count). The van der Waals surface area contributed by atoms with Crippen LogP contribution in [0.4, 0.5) is 0 Å². The molecule has 0 spiro atoms. The van der Waals surface area contributed by atoms with Crippen LogP contribution in [0.1, 0.15) is 68.0 Å². The lowest BCUT2D eigenvalue weighted by Crippen LogP contribution is -2.28. The fourth-order valence-electron chi connectivity index (χ4n) is 6.04. The van der Waals surface area contributed by atoms with Crippen molar-refractivity contribution in [2.24, 2.45) is 5.92 Å². The van der Waals surface area contributed by atoms with Gasteiger partial charge in [-0.3, -0.25) is 9.97 Å². The predicted molar refractivity (Wildman–Crippen MR) is 133 cm³/mol. The number of hydrogen-bond donors (Lipinski definition) is 1. The van der Waals surface area contributed by atoms with E-state index in [0.717, 1.165) is 27.5 Å². The van der Waals surface area contributed by atoms with Crippen molar-refractivity contribution in [2.45, 2.75) is 58.2 Å². The molecule has 0 amide bonds. The monoisotopic (exact) mass is 452 g/mol. The smallest absolute Gasteiger partial charge is 0.337 e. The van der Waals surface area contributed by atoms with Crippen molar-refractivity contribution >= 4 is 27.8 Å². The van der Waals surface area contributed by atoms with E-state index in [-0.39, 0.29) is 0 Å². The largest absolute Gasteiger partial charge is 0.479 e. The van der Waals surface area contributed by atoms with Gasteiger partial charge in [-0.05, 0) is 68.7 Å². The van der Waals surface area contributed by atoms with Crippen LogP contribution in [-0.4, -0.2) is 26.6 Å². The molecule has 2 aromatic carbocycles. The van der Waals surface area contributed by atoms with Crippen molar-refractivity contribution < 1.29 is 14.6 Å². The average molecular weight is 453 g/mol. The fraction of sp³-hybridized carbons (Fsp3) is 0.345. The third kappa shape index (κ3) is 3.00. The van der Waals surface area contributed by atoms with Crippen LogP contribution in [0.15, 0.2) is 48.7 Å². The van der Waals surface area contributed by atoms with Gasteiger partial charge in [0.15, 0.2) is 6.10 Å². The summed E-state index contributed by atoms with van der Waals surface area (Å²) in [4.78, 5) is 22.2. The molecule has 4 aromatic rings. The number of hydrogen-bond acceptors (Lipinski definition) is 4. The number of benzene rings is 2. The second-order valence-corrected chi connectivity index (χ2v) is 10.7. The molecule has 4 atom stereocenters. The Hall–Kier alpha value is -3.31. The number of carboxylic acids is 1. The summed E-state index contributed by atoms with van der Waals surface area (Å²) in [6.45, 7) is 9.82. The Labute approximate surface area is 198 Å². The van der Waals surface area contributed by atoms with E-state index < -0.39 is 17.7 Å². The maximum Gasteiger partial charge on any atom is 0.337 e. The summed E-state index contributed by atoms with van der Waals surface area (Å²) in [6, 6.07) is 14.4. The molecule has 34 heavy (non-hydrogen) atoms. The molecule has 1 saturated carbocycles. The third-order valence-electron chi connectivity index (χ3n) is 7.40. The van der Waals surface area contributed by atoms with Gasteiger partial charge in [0, 0.05) is 39.4 Å². The van der Waals surface area contributed by atoms with Gasteiger partial charge >= 0.3 is 5.97 Å². The third-order valence-corrected chi connectivity index (χ3v) is 7.40. The van der Waals surface area contributed by atoms with Gasteiger partial charge in [0.1, 0.15) is 0 Å². The van der Waals surface area contributed by atoms with Crippen LogP contribution in [0.5, 0.6) is 0 Å². The molecule has 0 bridgehead atoms. The normalized spacial score (nSPS) is 21.6. The Bertz CT molecular complexity index is 1490. The molecule has 4 unspecified atom stereocenters. The SMILES string of the molecule is Cc1nc2ccccc2c(-c2ccc3c4c(ccnc24)C2C(C)C32)c1C(OC(C)(C)C)C(=O)O. The Morgan fingerprint density at radius 1 is 1.06 bits per heavy atom. The number of aromatic nitrogens is 2. The van der Waals surface area contributed by atoms with Crippen molar-refractivity contribution in [3.05, 3.63) is 71.0 Å².